The van der Waals surface area contributed by atoms with E-state index in [1.165, 1.54) is 0 Å². The molecule has 0 unspecified atom stereocenters. The smallest absolute Gasteiger partial charge is 0.363 e. The molecule has 3 aromatic rings. The Morgan fingerprint density at radius 3 is 1.28 bits per heavy atom. The molecule has 0 saturated heterocycles. The minimum absolute atomic E-state index is 0.221. The number of benzene rings is 3. The highest BCUT2D eigenvalue weighted by Crippen LogP contribution is 2.22. The fourth-order valence-corrected chi connectivity index (χ4v) is 3.23. The van der Waals surface area contributed by atoms with Crippen LogP contribution in [0.4, 0.5) is 0 Å². The van der Waals surface area contributed by atoms with Gasteiger partial charge in [-0.25, -0.2) is 19.6 Å². The van der Waals surface area contributed by atoms with E-state index < -0.39 is 11.9 Å². The summed E-state index contributed by atoms with van der Waals surface area (Å²) in [5.41, 5.74) is 3.45. The third-order valence-corrected chi connectivity index (χ3v) is 4.83. The van der Waals surface area contributed by atoms with Crippen molar-refractivity contribution in [3.05, 3.63) is 119 Å². The van der Waals surface area contributed by atoms with Crippen LogP contribution in [0.1, 0.15) is 22.3 Å². The lowest BCUT2D eigenvalue weighted by atomic mass is 10.1. The van der Waals surface area contributed by atoms with Gasteiger partial charge in [-0.05, 0) is 47.5 Å². The zero-order valence-electron chi connectivity index (χ0n) is 16.8. The molecule has 3 aromatic carbocycles. The fourth-order valence-electron chi connectivity index (χ4n) is 3.23. The predicted molar refractivity (Wildman–Crippen MR) is 121 cm³/mol. The number of hydrogen-bond acceptors (Lipinski definition) is 6. The Hall–Kier alpha value is -4.58. The summed E-state index contributed by atoms with van der Waals surface area (Å²) in [6.07, 6.45) is 3.36. The van der Waals surface area contributed by atoms with E-state index in [1.807, 2.05) is 60.7 Å². The minimum atomic E-state index is -0.502. The molecule has 0 bridgehead atoms. The Morgan fingerprint density at radius 1 is 0.531 bits per heavy atom. The molecule has 2 aliphatic rings. The van der Waals surface area contributed by atoms with Crippen LogP contribution in [-0.2, 0) is 19.1 Å². The van der Waals surface area contributed by atoms with E-state index in [0.29, 0.717) is 11.1 Å². The second-order valence-corrected chi connectivity index (χ2v) is 7.07. The van der Waals surface area contributed by atoms with Gasteiger partial charge in [0.25, 0.3) is 0 Å². The van der Waals surface area contributed by atoms with Crippen molar-refractivity contribution in [2.24, 2.45) is 9.98 Å². The number of rotatable bonds is 4. The van der Waals surface area contributed by atoms with Crippen LogP contribution in [0.2, 0.25) is 0 Å². The van der Waals surface area contributed by atoms with Gasteiger partial charge in [0.2, 0.25) is 11.8 Å². The molecule has 0 spiro atoms. The SMILES string of the molecule is O=C1OC(c2ccc(C3=NC(=Cc4ccccc4)C(=O)O3)cc2)=NC1=Cc1ccccc1. The van der Waals surface area contributed by atoms with E-state index in [2.05, 4.69) is 9.98 Å². The molecule has 0 N–H and O–H groups in total. The second-order valence-electron chi connectivity index (χ2n) is 7.07. The van der Waals surface area contributed by atoms with Gasteiger partial charge in [-0.1, -0.05) is 60.7 Å². The summed E-state index contributed by atoms with van der Waals surface area (Å²) in [6.45, 7) is 0. The Labute approximate surface area is 183 Å². The average Bonchev–Trinajstić information content (AvgIpc) is 3.37. The standard InChI is InChI=1S/C26H16N2O4/c29-25-21(15-17-7-3-1-4-8-17)27-23(31-25)19-11-13-20(14-12-19)24-28-22(26(30)32-24)16-18-9-5-2-6-10-18/h1-16H. The van der Waals surface area contributed by atoms with Crippen molar-refractivity contribution in [2.75, 3.05) is 0 Å². The van der Waals surface area contributed by atoms with E-state index in [9.17, 15) is 9.59 Å². The van der Waals surface area contributed by atoms with Crippen molar-refractivity contribution < 1.29 is 19.1 Å². The summed E-state index contributed by atoms with van der Waals surface area (Å²) in [7, 11) is 0. The molecule has 32 heavy (non-hydrogen) atoms. The first-order valence-corrected chi connectivity index (χ1v) is 9.92. The van der Waals surface area contributed by atoms with Crippen molar-refractivity contribution in [3.8, 4) is 0 Å². The van der Waals surface area contributed by atoms with Crippen molar-refractivity contribution >= 4 is 35.9 Å². The summed E-state index contributed by atoms with van der Waals surface area (Å²) < 4.78 is 10.6. The lowest BCUT2D eigenvalue weighted by molar-refractivity contribution is -0.130. The molecule has 2 heterocycles. The maximum atomic E-state index is 12.2. The zero-order valence-corrected chi connectivity index (χ0v) is 16.8. The molecule has 0 fully saturated rings. The number of nitrogens with zero attached hydrogens (tertiary/aromatic N) is 2. The van der Waals surface area contributed by atoms with E-state index in [-0.39, 0.29) is 23.2 Å². The number of ether oxygens (including phenoxy) is 2. The van der Waals surface area contributed by atoms with Crippen LogP contribution >= 0.6 is 0 Å². The summed E-state index contributed by atoms with van der Waals surface area (Å²) in [4.78, 5) is 33.0. The van der Waals surface area contributed by atoms with Crippen LogP contribution < -0.4 is 0 Å². The van der Waals surface area contributed by atoms with Gasteiger partial charge >= 0.3 is 11.9 Å². The van der Waals surface area contributed by atoms with E-state index >= 15 is 0 Å². The van der Waals surface area contributed by atoms with Crippen LogP contribution in [0.15, 0.2) is 106 Å². The Bertz CT molecular complexity index is 1210. The number of esters is 2. The Balaban J connectivity index is 1.37. The monoisotopic (exact) mass is 420 g/mol. The lowest BCUT2D eigenvalue weighted by Gasteiger charge is -2.02. The largest absolute Gasteiger partial charge is 0.402 e. The van der Waals surface area contributed by atoms with Gasteiger partial charge in [-0.3, -0.25) is 0 Å². The van der Waals surface area contributed by atoms with Gasteiger partial charge in [0, 0.05) is 11.1 Å². The van der Waals surface area contributed by atoms with Crippen molar-refractivity contribution in [1.29, 1.82) is 0 Å². The predicted octanol–water partition coefficient (Wildman–Crippen LogP) is 4.38. The number of hydrogen-bond donors (Lipinski definition) is 0. The molecular formula is C26H16N2O4. The molecule has 0 aliphatic carbocycles. The summed E-state index contributed by atoms with van der Waals surface area (Å²) in [5, 5.41) is 0. The molecule has 6 heteroatoms. The average molecular weight is 420 g/mol. The topological polar surface area (TPSA) is 77.3 Å². The molecule has 5 rings (SSSR count). The second kappa shape index (κ2) is 8.28. The van der Waals surface area contributed by atoms with Crippen molar-refractivity contribution in [3.63, 3.8) is 0 Å². The highest BCUT2D eigenvalue weighted by atomic mass is 16.6. The molecule has 154 valence electrons. The highest BCUT2D eigenvalue weighted by Gasteiger charge is 2.26. The minimum Gasteiger partial charge on any atom is -0.402 e. The van der Waals surface area contributed by atoms with Crippen LogP contribution in [0, 0.1) is 0 Å². The normalized spacial score (nSPS) is 17.9. The van der Waals surface area contributed by atoms with E-state index in [1.54, 1.807) is 36.4 Å². The first-order valence-electron chi connectivity index (χ1n) is 9.92. The summed E-state index contributed by atoms with van der Waals surface area (Å²) in [6, 6.07) is 25.8. The number of aliphatic imine (C=N–C) groups is 2. The molecule has 2 aliphatic heterocycles. The van der Waals surface area contributed by atoms with Crippen LogP contribution in [-0.4, -0.2) is 23.7 Å². The zero-order chi connectivity index (χ0) is 21.9. The van der Waals surface area contributed by atoms with Crippen LogP contribution in [0.5, 0.6) is 0 Å². The molecular weight excluding hydrogens is 404 g/mol. The van der Waals surface area contributed by atoms with Gasteiger partial charge < -0.3 is 9.47 Å². The quantitative estimate of drug-likeness (QED) is 0.464. The third-order valence-electron chi connectivity index (χ3n) is 4.83. The van der Waals surface area contributed by atoms with Crippen LogP contribution in [0.25, 0.3) is 12.2 Å². The lowest BCUT2D eigenvalue weighted by Crippen LogP contribution is -2.07. The maximum Gasteiger partial charge on any atom is 0.363 e. The molecule has 0 amide bonds. The fraction of sp³-hybridized carbons (Fsp3) is 0. The maximum absolute atomic E-state index is 12.2. The third kappa shape index (κ3) is 4.02. The van der Waals surface area contributed by atoms with Gasteiger partial charge in [0.15, 0.2) is 11.4 Å². The van der Waals surface area contributed by atoms with Gasteiger partial charge in [-0.2, -0.15) is 0 Å². The van der Waals surface area contributed by atoms with Gasteiger partial charge in [0.1, 0.15) is 0 Å². The van der Waals surface area contributed by atoms with Crippen molar-refractivity contribution in [2.45, 2.75) is 0 Å². The number of carbonyl (C=O) groups is 2. The van der Waals surface area contributed by atoms with Gasteiger partial charge in [-0.15, -0.1) is 0 Å². The Morgan fingerprint density at radius 2 is 0.906 bits per heavy atom. The summed E-state index contributed by atoms with van der Waals surface area (Å²) >= 11 is 0. The highest BCUT2D eigenvalue weighted by molar-refractivity contribution is 6.14. The van der Waals surface area contributed by atoms with Crippen LogP contribution in [0.3, 0.4) is 0 Å². The molecule has 0 aromatic heterocycles. The van der Waals surface area contributed by atoms with E-state index in [4.69, 9.17) is 9.47 Å². The molecule has 0 atom stereocenters. The number of cyclic esters (lactones) is 2. The number of carbonyl (C=O) groups excluding carboxylic acids is 2. The first kappa shape index (κ1) is 19.4. The molecule has 0 saturated carbocycles. The first-order chi connectivity index (χ1) is 15.7. The molecule has 6 nitrogen and oxygen atoms in total. The van der Waals surface area contributed by atoms with Crippen molar-refractivity contribution in [1.82, 2.24) is 0 Å². The van der Waals surface area contributed by atoms with Gasteiger partial charge in [0.05, 0.1) is 0 Å². The van der Waals surface area contributed by atoms with E-state index in [0.717, 1.165) is 11.1 Å². The molecule has 0 radical (unpaired) electrons. The summed E-state index contributed by atoms with van der Waals surface area (Å²) in [5.74, 6) is -0.562. The Kier molecular flexibility index (Phi) is 5.01.